The zero-order valence-corrected chi connectivity index (χ0v) is 11.5. The van der Waals surface area contributed by atoms with Crippen molar-refractivity contribution in [2.45, 2.75) is 64.3 Å². The van der Waals surface area contributed by atoms with E-state index in [9.17, 15) is 4.79 Å². The summed E-state index contributed by atoms with van der Waals surface area (Å²) < 4.78 is 0. The smallest absolute Gasteiger partial charge is 0.223 e. The van der Waals surface area contributed by atoms with Crippen molar-refractivity contribution in [1.82, 2.24) is 5.32 Å². The van der Waals surface area contributed by atoms with E-state index < -0.39 is 0 Å². The molecule has 0 spiro atoms. The standard InChI is InChI=1S/C15H27NO2/c1-2-14(10-17)16-15(18)13-8-7-11-5-3-4-6-12(11)9-13/h11-14,17H,2-10H2,1H3,(H,16,18)/t11?,12?,13?,14-/m0/s1. The molecule has 104 valence electrons. The Hall–Kier alpha value is -0.570. The van der Waals surface area contributed by atoms with Crippen LogP contribution in [0.25, 0.3) is 0 Å². The van der Waals surface area contributed by atoms with Crippen LogP contribution >= 0.6 is 0 Å². The maximum atomic E-state index is 12.2. The number of fused-ring (bicyclic) bond motifs is 1. The molecule has 2 aliphatic rings. The fraction of sp³-hybridized carbons (Fsp3) is 0.933. The highest BCUT2D eigenvalue weighted by atomic mass is 16.3. The second kappa shape index (κ2) is 6.55. The van der Waals surface area contributed by atoms with E-state index in [-0.39, 0.29) is 24.5 Å². The van der Waals surface area contributed by atoms with Crippen molar-refractivity contribution in [3.05, 3.63) is 0 Å². The van der Waals surface area contributed by atoms with Gasteiger partial charge < -0.3 is 10.4 Å². The minimum Gasteiger partial charge on any atom is -0.394 e. The van der Waals surface area contributed by atoms with Gasteiger partial charge in [0.1, 0.15) is 0 Å². The number of nitrogens with one attached hydrogen (secondary N) is 1. The van der Waals surface area contributed by atoms with Crippen molar-refractivity contribution in [1.29, 1.82) is 0 Å². The van der Waals surface area contributed by atoms with Crippen LogP contribution in [0.4, 0.5) is 0 Å². The largest absolute Gasteiger partial charge is 0.394 e. The van der Waals surface area contributed by atoms with Crippen LogP contribution < -0.4 is 5.32 Å². The molecule has 0 aromatic carbocycles. The van der Waals surface area contributed by atoms with Gasteiger partial charge in [0.15, 0.2) is 0 Å². The van der Waals surface area contributed by atoms with Gasteiger partial charge in [-0.25, -0.2) is 0 Å². The lowest BCUT2D eigenvalue weighted by molar-refractivity contribution is -0.128. The number of hydrogen-bond donors (Lipinski definition) is 2. The van der Waals surface area contributed by atoms with Gasteiger partial charge in [0.2, 0.25) is 5.91 Å². The molecule has 0 aromatic heterocycles. The van der Waals surface area contributed by atoms with Gasteiger partial charge >= 0.3 is 0 Å². The van der Waals surface area contributed by atoms with Crippen molar-refractivity contribution in [3.8, 4) is 0 Å². The van der Waals surface area contributed by atoms with Gasteiger partial charge in [0, 0.05) is 5.92 Å². The molecule has 2 N–H and O–H groups in total. The summed E-state index contributed by atoms with van der Waals surface area (Å²) >= 11 is 0. The molecule has 0 bridgehead atoms. The maximum Gasteiger partial charge on any atom is 0.223 e. The first-order chi connectivity index (χ1) is 8.74. The molecule has 1 amide bonds. The molecule has 0 heterocycles. The normalized spacial score (nSPS) is 33.6. The monoisotopic (exact) mass is 253 g/mol. The summed E-state index contributed by atoms with van der Waals surface area (Å²) in [5.41, 5.74) is 0. The van der Waals surface area contributed by atoms with Gasteiger partial charge in [-0.05, 0) is 37.5 Å². The van der Waals surface area contributed by atoms with Gasteiger partial charge in [-0.2, -0.15) is 0 Å². The number of hydrogen-bond acceptors (Lipinski definition) is 2. The molecular formula is C15H27NO2. The topological polar surface area (TPSA) is 49.3 Å². The Morgan fingerprint density at radius 2 is 1.94 bits per heavy atom. The van der Waals surface area contributed by atoms with Gasteiger partial charge in [-0.1, -0.05) is 32.6 Å². The highest BCUT2D eigenvalue weighted by Crippen LogP contribution is 2.42. The maximum absolute atomic E-state index is 12.2. The van der Waals surface area contributed by atoms with E-state index >= 15 is 0 Å². The minimum absolute atomic E-state index is 0.0541. The average molecular weight is 253 g/mol. The Bertz CT molecular complexity index is 276. The number of carbonyl (C=O) groups excluding carboxylic acids is 1. The highest BCUT2D eigenvalue weighted by Gasteiger charge is 2.35. The molecule has 0 saturated heterocycles. The molecule has 0 aliphatic heterocycles. The second-order valence-corrected chi connectivity index (χ2v) is 6.11. The Kier molecular flexibility index (Phi) is 5.04. The van der Waals surface area contributed by atoms with Crippen molar-refractivity contribution in [2.75, 3.05) is 6.61 Å². The number of amides is 1. The predicted octanol–water partition coefficient (Wildman–Crippen LogP) is 2.48. The molecule has 3 heteroatoms. The van der Waals surface area contributed by atoms with Crippen LogP contribution in [0.2, 0.25) is 0 Å². The fourth-order valence-electron chi connectivity index (χ4n) is 3.71. The van der Waals surface area contributed by atoms with Crippen LogP contribution in [0.15, 0.2) is 0 Å². The number of rotatable bonds is 4. The predicted molar refractivity (Wildman–Crippen MR) is 72.1 cm³/mol. The summed E-state index contributed by atoms with van der Waals surface area (Å²) in [6.45, 7) is 2.06. The third kappa shape index (κ3) is 3.25. The first kappa shape index (κ1) is 13.9. The average Bonchev–Trinajstić information content (AvgIpc) is 2.44. The van der Waals surface area contributed by atoms with Crippen LogP contribution in [-0.4, -0.2) is 23.7 Å². The fourth-order valence-corrected chi connectivity index (χ4v) is 3.71. The molecule has 2 rings (SSSR count). The van der Waals surface area contributed by atoms with E-state index in [1.54, 1.807) is 0 Å². The van der Waals surface area contributed by atoms with E-state index in [1.165, 1.54) is 32.1 Å². The Balaban J connectivity index is 1.84. The summed E-state index contributed by atoms with van der Waals surface area (Å²) in [5, 5.41) is 12.1. The van der Waals surface area contributed by atoms with Crippen LogP contribution in [0.5, 0.6) is 0 Å². The van der Waals surface area contributed by atoms with E-state index in [4.69, 9.17) is 5.11 Å². The molecule has 2 saturated carbocycles. The second-order valence-electron chi connectivity index (χ2n) is 6.11. The van der Waals surface area contributed by atoms with Crippen LogP contribution in [0, 0.1) is 17.8 Å². The Morgan fingerprint density at radius 1 is 1.22 bits per heavy atom. The van der Waals surface area contributed by atoms with Crippen LogP contribution in [-0.2, 0) is 4.79 Å². The lowest BCUT2D eigenvalue weighted by Gasteiger charge is -2.39. The van der Waals surface area contributed by atoms with E-state index in [1.807, 2.05) is 6.92 Å². The minimum atomic E-state index is -0.0541. The molecule has 0 radical (unpaired) electrons. The molecule has 2 fully saturated rings. The molecule has 3 unspecified atom stereocenters. The van der Waals surface area contributed by atoms with E-state index in [2.05, 4.69) is 5.32 Å². The summed E-state index contributed by atoms with van der Waals surface area (Å²) in [5.74, 6) is 2.06. The summed E-state index contributed by atoms with van der Waals surface area (Å²) in [4.78, 5) is 12.2. The van der Waals surface area contributed by atoms with E-state index in [0.717, 1.165) is 31.1 Å². The molecule has 18 heavy (non-hydrogen) atoms. The lowest BCUT2D eigenvalue weighted by Crippen LogP contribution is -2.43. The van der Waals surface area contributed by atoms with Crippen LogP contribution in [0.3, 0.4) is 0 Å². The molecule has 2 aliphatic carbocycles. The summed E-state index contributed by atoms with van der Waals surface area (Å²) in [6, 6.07) is -0.0541. The van der Waals surface area contributed by atoms with Crippen LogP contribution in [0.1, 0.15) is 58.3 Å². The third-order valence-corrected chi connectivity index (χ3v) is 4.97. The van der Waals surface area contributed by atoms with E-state index in [0.29, 0.717) is 0 Å². The number of aliphatic hydroxyl groups is 1. The zero-order chi connectivity index (χ0) is 13.0. The van der Waals surface area contributed by atoms with Gasteiger partial charge in [-0.3, -0.25) is 4.79 Å². The quantitative estimate of drug-likeness (QED) is 0.808. The molecule has 0 aromatic rings. The number of aliphatic hydroxyl groups excluding tert-OH is 1. The van der Waals surface area contributed by atoms with Gasteiger partial charge in [-0.15, -0.1) is 0 Å². The Labute approximate surface area is 110 Å². The first-order valence-corrected chi connectivity index (χ1v) is 7.65. The highest BCUT2D eigenvalue weighted by molar-refractivity contribution is 5.79. The number of carbonyl (C=O) groups is 1. The van der Waals surface area contributed by atoms with Crippen molar-refractivity contribution >= 4 is 5.91 Å². The first-order valence-electron chi connectivity index (χ1n) is 7.65. The summed E-state index contributed by atoms with van der Waals surface area (Å²) in [6.07, 6.45) is 9.62. The van der Waals surface area contributed by atoms with Crippen molar-refractivity contribution in [3.63, 3.8) is 0 Å². The Morgan fingerprint density at radius 3 is 2.61 bits per heavy atom. The van der Waals surface area contributed by atoms with Crippen molar-refractivity contribution < 1.29 is 9.90 Å². The third-order valence-electron chi connectivity index (χ3n) is 4.97. The zero-order valence-electron chi connectivity index (χ0n) is 11.5. The lowest BCUT2D eigenvalue weighted by atomic mass is 9.67. The molecular weight excluding hydrogens is 226 g/mol. The summed E-state index contributed by atoms with van der Waals surface area (Å²) in [7, 11) is 0. The molecule has 3 nitrogen and oxygen atoms in total. The van der Waals surface area contributed by atoms with Crippen molar-refractivity contribution in [2.24, 2.45) is 17.8 Å². The van der Waals surface area contributed by atoms with Gasteiger partial charge in [0.05, 0.1) is 12.6 Å². The SMILES string of the molecule is CC[C@@H](CO)NC(=O)C1CCC2CCCCC2C1. The van der Waals surface area contributed by atoms with Gasteiger partial charge in [0.25, 0.3) is 0 Å². The molecule has 4 atom stereocenters.